The predicted molar refractivity (Wildman–Crippen MR) is 119 cm³/mol. The van der Waals surface area contributed by atoms with Gasteiger partial charge in [-0.05, 0) is 57.8 Å². The molecular formula is C23H33N5O3. The summed E-state index contributed by atoms with van der Waals surface area (Å²) >= 11 is 0. The maximum Gasteiger partial charge on any atom is 0.409 e. The Morgan fingerprint density at radius 1 is 1.03 bits per heavy atom. The molecule has 2 aliphatic rings. The maximum absolute atomic E-state index is 12.7. The Bertz CT molecular complexity index is 911. The molecule has 2 fully saturated rings. The highest BCUT2D eigenvalue weighted by Crippen LogP contribution is 2.23. The summed E-state index contributed by atoms with van der Waals surface area (Å²) in [6, 6.07) is 8.32. The summed E-state index contributed by atoms with van der Waals surface area (Å²) in [7, 11) is 0. The number of piperidine rings is 1. The van der Waals surface area contributed by atoms with Crippen molar-refractivity contribution >= 4 is 23.0 Å². The average molecular weight is 428 g/mol. The SMILES string of the molecule is CCOC(=O)N1CCN(C(=O)CN2CCC(Cn3c(C)nc4ccccc43)CC2)CC1. The zero-order valence-electron chi connectivity index (χ0n) is 18.6. The van der Waals surface area contributed by atoms with E-state index in [0.29, 0.717) is 45.2 Å². The number of nitrogens with zero attached hydrogens (tertiary/aromatic N) is 5. The largest absolute Gasteiger partial charge is 0.450 e. The number of aryl methyl sites for hydroxylation is 1. The zero-order valence-corrected chi connectivity index (χ0v) is 18.6. The lowest BCUT2D eigenvalue weighted by Crippen LogP contribution is -2.53. The molecule has 0 N–H and O–H groups in total. The van der Waals surface area contributed by atoms with Crippen molar-refractivity contribution in [2.45, 2.75) is 33.2 Å². The van der Waals surface area contributed by atoms with Crippen LogP contribution in [0.15, 0.2) is 24.3 Å². The van der Waals surface area contributed by atoms with Gasteiger partial charge in [0.1, 0.15) is 5.82 Å². The van der Waals surface area contributed by atoms with Gasteiger partial charge in [-0.25, -0.2) is 9.78 Å². The van der Waals surface area contributed by atoms with Gasteiger partial charge < -0.3 is 19.1 Å². The van der Waals surface area contributed by atoms with Crippen LogP contribution < -0.4 is 0 Å². The molecule has 0 aliphatic carbocycles. The Balaban J connectivity index is 1.23. The Kier molecular flexibility index (Phi) is 6.75. The Morgan fingerprint density at radius 2 is 1.71 bits per heavy atom. The van der Waals surface area contributed by atoms with Gasteiger partial charge in [-0.2, -0.15) is 0 Å². The highest BCUT2D eigenvalue weighted by Gasteiger charge is 2.27. The van der Waals surface area contributed by atoms with Gasteiger partial charge in [-0.3, -0.25) is 9.69 Å². The fourth-order valence-corrected chi connectivity index (χ4v) is 4.66. The second-order valence-electron chi connectivity index (χ2n) is 8.54. The predicted octanol–water partition coefficient (Wildman–Crippen LogP) is 2.36. The number of aromatic nitrogens is 2. The lowest BCUT2D eigenvalue weighted by atomic mass is 9.96. The molecule has 2 saturated heterocycles. The number of hydrogen-bond acceptors (Lipinski definition) is 5. The summed E-state index contributed by atoms with van der Waals surface area (Å²) in [4.78, 5) is 35.1. The number of piperazine rings is 1. The first-order chi connectivity index (χ1) is 15.0. The van der Waals surface area contributed by atoms with Crippen LogP contribution >= 0.6 is 0 Å². The van der Waals surface area contributed by atoms with Crippen LogP contribution in [0.25, 0.3) is 11.0 Å². The highest BCUT2D eigenvalue weighted by atomic mass is 16.6. The number of carbonyl (C=O) groups is 2. The number of hydrogen-bond donors (Lipinski definition) is 0. The van der Waals surface area contributed by atoms with E-state index in [4.69, 9.17) is 4.74 Å². The van der Waals surface area contributed by atoms with E-state index < -0.39 is 0 Å². The van der Waals surface area contributed by atoms with Gasteiger partial charge in [-0.15, -0.1) is 0 Å². The summed E-state index contributed by atoms with van der Waals surface area (Å²) in [5.41, 5.74) is 2.27. The minimum Gasteiger partial charge on any atom is -0.450 e. The molecule has 0 atom stereocenters. The Labute approximate surface area is 183 Å². The molecule has 8 heteroatoms. The van der Waals surface area contributed by atoms with E-state index in [9.17, 15) is 9.59 Å². The summed E-state index contributed by atoms with van der Waals surface area (Å²) in [6.45, 7) is 9.89. The summed E-state index contributed by atoms with van der Waals surface area (Å²) in [6.07, 6.45) is 1.91. The number of likely N-dealkylation sites (tertiary alicyclic amines) is 1. The van der Waals surface area contributed by atoms with Gasteiger partial charge in [0.25, 0.3) is 0 Å². The molecule has 2 aliphatic heterocycles. The number of imidazole rings is 1. The average Bonchev–Trinajstić information content (AvgIpc) is 3.10. The first-order valence-electron chi connectivity index (χ1n) is 11.4. The van der Waals surface area contributed by atoms with Crippen LogP contribution in [-0.2, 0) is 16.1 Å². The van der Waals surface area contributed by atoms with E-state index in [1.54, 1.807) is 11.8 Å². The second-order valence-corrected chi connectivity index (χ2v) is 8.54. The van der Waals surface area contributed by atoms with E-state index in [1.807, 2.05) is 11.0 Å². The molecule has 2 amide bonds. The van der Waals surface area contributed by atoms with Crippen molar-refractivity contribution in [1.29, 1.82) is 0 Å². The standard InChI is InChI=1S/C23H33N5O3/c1-3-31-23(30)27-14-12-26(13-15-27)22(29)17-25-10-8-19(9-11-25)16-28-18(2)24-20-6-4-5-7-21(20)28/h4-7,19H,3,8-17H2,1-2H3. The summed E-state index contributed by atoms with van der Waals surface area (Å²) in [5.74, 6) is 1.84. The van der Waals surface area contributed by atoms with Gasteiger partial charge in [0.2, 0.25) is 5.91 Å². The number of carbonyl (C=O) groups excluding carboxylic acids is 2. The fraction of sp³-hybridized carbons (Fsp3) is 0.609. The number of rotatable bonds is 5. The molecule has 0 radical (unpaired) electrons. The highest BCUT2D eigenvalue weighted by molar-refractivity contribution is 5.79. The van der Waals surface area contributed by atoms with Crippen molar-refractivity contribution in [3.05, 3.63) is 30.1 Å². The molecular weight excluding hydrogens is 394 g/mol. The molecule has 2 aromatic rings. The van der Waals surface area contributed by atoms with Crippen molar-refractivity contribution in [2.24, 2.45) is 5.92 Å². The van der Waals surface area contributed by atoms with Gasteiger partial charge >= 0.3 is 6.09 Å². The number of fused-ring (bicyclic) bond motifs is 1. The summed E-state index contributed by atoms with van der Waals surface area (Å²) < 4.78 is 7.38. The maximum atomic E-state index is 12.7. The van der Waals surface area contributed by atoms with Crippen LogP contribution in [0.4, 0.5) is 4.79 Å². The van der Waals surface area contributed by atoms with Gasteiger partial charge in [0.15, 0.2) is 0 Å². The van der Waals surface area contributed by atoms with Crippen molar-refractivity contribution in [1.82, 2.24) is 24.3 Å². The van der Waals surface area contributed by atoms with Gasteiger partial charge in [-0.1, -0.05) is 12.1 Å². The zero-order chi connectivity index (χ0) is 21.8. The van der Waals surface area contributed by atoms with E-state index in [2.05, 4.69) is 39.6 Å². The molecule has 1 aromatic heterocycles. The quantitative estimate of drug-likeness (QED) is 0.733. The monoisotopic (exact) mass is 427 g/mol. The minimum atomic E-state index is -0.280. The Morgan fingerprint density at radius 3 is 2.42 bits per heavy atom. The van der Waals surface area contributed by atoms with Crippen LogP contribution in [0.1, 0.15) is 25.6 Å². The molecule has 168 valence electrons. The molecule has 0 saturated carbocycles. The van der Waals surface area contributed by atoms with E-state index in [1.165, 1.54) is 5.52 Å². The molecule has 0 spiro atoms. The third kappa shape index (κ3) is 5.01. The Hall–Kier alpha value is -2.61. The minimum absolute atomic E-state index is 0.165. The van der Waals surface area contributed by atoms with Crippen LogP contribution in [0.5, 0.6) is 0 Å². The van der Waals surface area contributed by atoms with Crippen molar-refractivity contribution in [3.63, 3.8) is 0 Å². The summed E-state index contributed by atoms with van der Waals surface area (Å²) in [5, 5.41) is 0. The third-order valence-electron chi connectivity index (χ3n) is 6.51. The lowest BCUT2D eigenvalue weighted by molar-refractivity contribution is -0.134. The molecule has 31 heavy (non-hydrogen) atoms. The first-order valence-corrected chi connectivity index (χ1v) is 11.4. The first kappa shape index (κ1) is 21.6. The number of para-hydroxylation sites is 2. The van der Waals surface area contributed by atoms with Gasteiger partial charge in [0, 0.05) is 32.7 Å². The molecule has 8 nitrogen and oxygen atoms in total. The van der Waals surface area contributed by atoms with Gasteiger partial charge in [0.05, 0.1) is 24.2 Å². The van der Waals surface area contributed by atoms with Crippen LogP contribution in [0, 0.1) is 12.8 Å². The van der Waals surface area contributed by atoms with Crippen molar-refractivity contribution in [2.75, 3.05) is 52.4 Å². The number of ether oxygens (including phenoxy) is 1. The molecule has 0 unspecified atom stereocenters. The van der Waals surface area contributed by atoms with E-state index in [-0.39, 0.29) is 12.0 Å². The van der Waals surface area contributed by atoms with E-state index >= 15 is 0 Å². The molecule has 3 heterocycles. The second kappa shape index (κ2) is 9.68. The lowest BCUT2D eigenvalue weighted by Gasteiger charge is -2.36. The number of amides is 2. The number of benzene rings is 1. The van der Waals surface area contributed by atoms with Crippen molar-refractivity contribution in [3.8, 4) is 0 Å². The smallest absolute Gasteiger partial charge is 0.409 e. The topological polar surface area (TPSA) is 70.9 Å². The third-order valence-corrected chi connectivity index (χ3v) is 6.51. The normalized spacial score (nSPS) is 18.5. The fourth-order valence-electron chi connectivity index (χ4n) is 4.66. The van der Waals surface area contributed by atoms with Crippen LogP contribution in [0.3, 0.4) is 0 Å². The molecule has 1 aromatic carbocycles. The van der Waals surface area contributed by atoms with Crippen LogP contribution in [0.2, 0.25) is 0 Å². The van der Waals surface area contributed by atoms with E-state index in [0.717, 1.165) is 43.8 Å². The molecule has 4 rings (SSSR count). The molecule has 0 bridgehead atoms. The van der Waals surface area contributed by atoms with Crippen LogP contribution in [-0.4, -0.2) is 88.7 Å². The van der Waals surface area contributed by atoms with Crippen molar-refractivity contribution < 1.29 is 14.3 Å².